The van der Waals surface area contributed by atoms with Crippen LogP contribution in [0.3, 0.4) is 0 Å². The maximum atomic E-state index is 2.39. The lowest BCUT2D eigenvalue weighted by molar-refractivity contribution is 0.615. The molecule has 0 fully saturated rings. The van der Waals surface area contributed by atoms with E-state index in [1.807, 2.05) is 0 Å². The molecule has 0 spiro atoms. The third-order valence-electron chi connectivity index (χ3n) is 3.58. The lowest BCUT2D eigenvalue weighted by Gasteiger charge is -2.01. The van der Waals surface area contributed by atoms with E-state index in [1.54, 1.807) is 5.57 Å². The molecule has 0 aliphatic rings. The van der Waals surface area contributed by atoms with Gasteiger partial charge < -0.3 is 0 Å². The van der Waals surface area contributed by atoms with E-state index in [-0.39, 0.29) is 0 Å². The highest BCUT2D eigenvalue weighted by atomic mass is 14.0. The second-order valence-electron chi connectivity index (χ2n) is 5.41. The smallest absolute Gasteiger partial charge is 0.0323 e. The maximum absolute atomic E-state index is 2.39. The molecule has 0 radical (unpaired) electrons. The van der Waals surface area contributed by atoms with Gasteiger partial charge in [-0.1, -0.05) is 62.8 Å². The summed E-state index contributed by atoms with van der Waals surface area (Å²) in [6.45, 7) is 6.65. The van der Waals surface area contributed by atoms with Gasteiger partial charge in [-0.15, -0.1) is 0 Å². The lowest BCUT2D eigenvalue weighted by atomic mass is 10.1. The lowest BCUT2D eigenvalue weighted by Crippen LogP contribution is -1.81. The van der Waals surface area contributed by atoms with E-state index in [2.05, 4.69) is 39.0 Å². The van der Waals surface area contributed by atoms with Gasteiger partial charge in [0.05, 0.1) is 0 Å². The molecular weight excluding hydrogens is 216 g/mol. The van der Waals surface area contributed by atoms with Crippen molar-refractivity contribution in [2.24, 2.45) is 0 Å². The number of allylic oxidation sites excluding steroid dienone is 4. The number of hydrogen-bond donors (Lipinski definition) is 0. The molecule has 0 bridgehead atoms. The van der Waals surface area contributed by atoms with Gasteiger partial charge in [-0.25, -0.2) is 0 Å². The molecular formula is C18H34. The van der Waals surface area contributed by atoms with E-state index in [4.69, 9.17) is 0 Å². The summed E-state index contributed by atoms with van der Waals surface area (Å²) in [4.78, 5) is 0. The van der Waals surface area contributed by atoms with Crippen LogP contribution in [0.2, 0.25) is 0 Å². The van der Waals surface area contributed by atoms with Crippen molar-refractivity contribution in [1.29, 1.82) is 0 Å². The molecule has 0 nitrogen and oxygen atoms in total. The van der Waals surface area contributed by atoms with Crippen molar-refractivity contribution in [3.8, 4) is 0 Å². The molecule has 0 heteroatoms. The molecule has 0 heterocycles. The molecule has 0 N–H and O–H groups in total. The second-order valence-corrected chi connectivity index (χ2v) is 5.41. The summed E-state index contributed by atoms with van der Waals surface area (Å²) in [7, 11) is 0. The fraction of sp³-hybridized carbons (Fsp3) is 0.778. The van der Waals surface area contributed by atoms with Crippen molar-refractivity contribution in [3.63, 3.8) is 0 Å². The van der Waals surface area contributed by atoms with E-state index >= 15 is 0 Å². The Labute approximate surface area is 116 Å². The summed E-state index contributed by atoms with van der Waals surface area (Å²) >= 11 is 0. The molecule has 106 valence electrons. The van der Waals surface area contributed by atoms with Crippen LogP contribution >= 0.6 is 0 Å². The summed E-state index contributed by atoms with van der Waals surface area (Å²) in [6.07, 6.45) is 22.0. The maximum Gasteiger partial charge on any atom is -0.0323 e. The first kappa shape index (κ1) is 17.5. The van der Waals surface area contributed by atoms with Gasteiger partial charge in [0, 0.05) is 0 Å². The van der Waals surface area contributed by atoms with E-state index in [0.717, 1.165) is 0 Å². The zero-order valence-corrected chi connectivity index (χ0v) is 13.0. The van der Waals surface area contributed by atoms with Crippen LogP contribution < -0.4 is 0 Å². The Morgan fingerprint density at radius 1 is 0.778 bits per heavy atom. The number of unbranched alkanes of at least 4 members (excludes halogenated alkanes) is 8. The monoisotopic (exact) mass is 250 g/mol. The first-order chi connectivity index (χ1) is 8.81. The van der Waals surface area contributed by atoms with Gasteiger partial charge in [-0.05, 0) is 52.4 Å². The first-order valence-electron chi connectivity index (χ1n) is 8.08. The zero-order valence-electron chi connectivity index (χ0n) is 13.0. The first-order valence-corrected chi connectivity index (χ1v) is 8.08. The fourth-order valence-corrected chi connectivity index (χ4v) is 2.09. The highest BCUT2D eigenvalue weighted by Gasteiger charge is 1.91. The molecule has 0 saturated heterocycles. The molecule has 0 aromatic heterocycles. The Morgan fingerprint density at radius 2 is 1.33 bits per heavy atom. The molecule has 0 aromatic carbocycles. The van der Waals surface area contributed by atoms with Crippen LogP contribution in [0.5, 0.6) is 0 Å². The molecule has 18 heavy (non-hydrogen) atoms. The van der Waals surface area contributed by atoms with Crippen LogP contribution in [0.15, 0.2) is 23.8 Å². The third-order valence-corrected chi connectivity index (χ3v) is 3.58. The largest absolute Gasteiger partial charge is 0.0887 e. The van der Waals surface area contributed by atoms with Gasteiger partial charge in [0.2, 0.25) is 0 Å². The molecule has 0 atom stereocenters. The van der Waals surface area contributed by atoms with Gasteiger partial charge in [0.1, 0.15) is 0 Å². The van der Waals surface area contributed by atoms with E-state index in [9.17, 15) is 0 Å². The quantitative estimate of drug-likeness (QED) is 0.263. The molecule has 0 aromatic rings. The van der Waals surface area contributed by atoms with Crippen LogP contribution in [0.25, 0.3) is 0 Å². The Balaban J connectivity index is 3.11. The van der Waals surface area contributed by atoms with Crippen LogP contribution in [-0.2, 0) is 0 Å². The minimum atomic E-state index is 1.29. The summed E-state index contributed by atoms with van der Waals surface area (Å²) in [5, 5.41) is 0. The summed E-state index contributed by atoms with van der Waals surface area (Å²) in [6, 6.07) is 0. The fourth-order valence-electron chi connectivity index (χ4n) is 2.09. The summed E-state index contributed by atoms with van der Waals surface area (Å²) in [5.41, 5.74) is 1.55. The van der Waals surface area contributed by atoms with Crippen molar-refractivity contribution in [2.45, 2.75) is 91.4 Å². The van der Waals surface area contributed by atoms with Crippen molar-refractivity contribution in [2.75, 3.05) is 0 Å². The number of rotatable bonds is 12. The van der Waals surface area contributed by atoms with Crippen molar-refractivity contribution in [1.82, 2.24) is 0 Å². The average Bonchev–Trinajstić information content (AvgIpc) is 2.39. The molecule has 0 rings (SSSR count). The molecule has 0 unspecified atom stereocenters. The normalized spacial score (nSPS) is 12.5. The summed E-state index contributed by atoms with van der Waals surface area (Å²) < 4.78 is 0. The van der Waals surface area contributed by atoms with Crippen LogP contribution in [-0.4, -0.2) is 0 Å². The minimum Gasteiger partial charge on any atom is -0.0887 e. The Hall–Kier alpha value is -0.520. The van der Waals surface area contributed by atoms with Crippen LogP contribution in [0.4, 0.5) is 0 Å². The Morgan fingerprint density at radius 3 is 1.94 bits per heavy atom. The van der Waals surface area contributed by atoms with E-state index in [1.165, 1.54) is 70.6 Å². The molecule has 0 saturated carbocycles. The van der Waals surface area contributed by atoms with E-state index < -0.39 is 0 Å². The second kappa shape index (κ2) is 14.5. The SMILES string of the molecule is CC=C(C)CCCCCCCC=CCCCCC. The summed E-state index contributed by atoms with van der Waals surface area (Å²) in [5.74, 6) is 0. The standard InChI is InChI=1S/C18H34/c1-4-6-7-8-9-10-11-12-13-14-15-16-17-18(3)5-2/h5,9-10H,4,6-8,11-17H2,1-3H3. The number of hydrogen-bond acceptors (Lipinski definition) is 0. The van der Waals surface area contributed by atoms with Crippen molar-refractivity contribution in [3.05, 3.63) is 23.8 Å². The third kappa shape index (κ3) is 13.5. The highest BCUT2D eigenvalue weighted by Crippen LogP contribution is 2.11. The van der Waals surface area contributed by atoms with Crippen molar-refractivity contribution >= 4 is 0 Å². The molecule has 0 amide bonds. The minimum absolute atomic E-state index is 1.29. The van der Waals surface area contributed by atoms with Gasteiger partial charge in [0.25, 0.3) is 0 Å². The van der Waals surface area contributed by atoms with Crippen LogP contribution in [0.1, 0.15) is 91.4 Å². The van der Waals surface area contributed by atoms with Gasteiger partial charge >= 0.3 is 0 Å². The molecule has 0 aliphatic heterocycles. The topological polar surface area (TPSA) is 0 Å². The van der Waals surface area contributed by atoms with Crippen molar-refractivity contribution < 1.29 is 0 Å². The molecule has 0 aliphatic carbocycles. The van der Waals surface area contributed by atoms with Crippen LogP contribution in [0, 0.1) is 0 Å². The van der Waals surface area contributed by atoms with Gasteiger partial charge in [-0.3, -0.25) is 0 Å². The van der Waals surface area contributed by atoms with Gasteiger partial charge in [0.15, 0.2) is 0 Å². The highest BCUT2D eigenvalue weighted by molar-refractivity contribution is 4.94. The Bertz CT molecular complexity index is 210. The predicted octanol–water partition coefficient (Wildman–Crippen LogP) is 6.82. The van der Waals surface area contributed by atoms with Gasteiger partial charge in [-0.2, -0.15) is 0 Å². The zero-order chi connectivity index (χ0) is 13.5. The average molecular weight is 250 g/mol. The Kier molecular flexibility index (Phi) is 14.1. The van der Waals surface area contributed by atoms with E-state index in [0.29, 0.717) is 0 Å². The predicted molar refractivity (Wildman–Crippen MR) is 85.0 cm³/mol.